The summed E-state index contributed by atoms with van der Waals surface area (Å²) in [6.45, 7) is 3.59. The monoisotopic (exact) mass is 405 g/mol. The molecule has 9 heteroatoms. The Morgan fingerprint density at radius 1 is 1.24 bits per heavy atom. The molecule has 2 fully saturated rings. The van der Waals surface area contributed by atoms with E-state index in [1.54, 1.807) is 6.07 Å². The minimum Gasteiger partial charge on any atom is -0.449 e. The van der Waals surface area contributed by atoms with Crippen LogP contribution in [0.15, 0.2) is 18.2 Å². The van der Waals surface area contributed by atoms with Gasteiger partial charge in [0.2, 0.25) is 0 Å². The van der Waals surface area contributed by atoms with Gasteiger partial charge in [-0.3, -0.25) is 14.9 Å². The predicted octanol–water partition coefficient (Wildman–Crippen LogP) is 2.43. The van der Waals surface area contributed by atoms with Crippen molar-refractivity contribution in [1.29, 1.82) is 0 Å². The number of amides is 1. The number of carbonyl (C=O) groups is 2. The van der Waals surface area contributed by atoms with E-state index >= 15 is 0 Å². The Kier molecular flexibility index (Phi) is 7.03. The molecule has 3 rings (SSSR count). The number of morpholine rings is 1. The Balaban J connectivity index is 1.65. The Labute approximate surface area is 169 Å². The number of nitrogens with one attached hydrogen (secondary N) is 1. The predicted molar refractivity (Wildman–Crippen MR) is 106 cm³/mol. The van der Waals surface area contributed by atoms with Crippen molar-refractivity contribution < 1.29 is 24.0 Å². The van der Waals surface area contributed by atoms with Crippen molar-refractivity contribution in [3.63, 3.8) is 0 Å². The number of hydrogen-bond donors (Lipinski definition) is 1. The highest BCUT2D eigenvalue weighted by molar-refractivity contribution is 5.93. The van der Waals surface area contributed by atoms with Crippen molar-refractivity contribution >= 4 is 23.3 Å². The van der Waals surface area contributed by atoms with Gasteiger partial charge >= 0.3 is 5.97 Å². The van der Waals surface area contributed by atoms with Crippen molar-refractivity contribution in [3.8, 4) is 0 Å². The van der Waals surface area contributed by atoms with Crippen LogP contribution in [0.5, 0.6) is 0 Å². The number of anilines is 1. The molecular formula is C20H27N3O6. The van der Waals surface area contributed by atoms with Gasteiger partial charge in [-0.05, 0) is 31.9 Å². The van der Waals surface area contributed by atoms with Crippen LogP contribution in [0, 0.1) is 10.1 Å². The SMILES string of the molecule is C[C@H](OC(=O)c1ccc(N2CCOCC2)c([N+](=O)[O-])c1)C(=O)NC1CCCCC1. The molecule has 0 spiro atoms. The summed E-state index contributed by atoms with van der Waals surface area (Å²) < 4.78 is 10.5. The molecule has 1 aromatic rings. The highest BCUT2D eigenvalue weighted by atomic mass is 16.6. The van der Waals surface area contributed by atoms with Crippen LogP contribution in [-0.4, -0.2) is 55.2 Å². The van der Waals surface area contributed by atoms with Gasteiger partial charge in [-0.25, -0.2) is 4.79 Å². The number of ether oxygens (including phenoxy) is 2. The van der Waals surface area contributed by atoms with Gasteiger partial charge in [-0.15, -0.1) is 0 Å². The second kappa shape index (κ2) is 9.69. The summed E-state index contributed by atoms with van der Waals surface area (Å²) in [6, 6.07) is 4.36. The summed E-state index contributed by atoms with van der Waals surface area (Å²) in [5.41, 5.74) is 0.324. The van der Waals surface area contributed by atoms with Crippen LogP contribution >= 0.6 is 0 Å². The molecule has 0 radical (unpaired) electrons. The summed E-state index contributed by atoms with van der Waals surface area (Å²) in [7, 11) is 0. The first kappa shape index (κ1) is 21.0. The third-order valence-electron chi connectivity index (χ3n) is 5.36. The molecule has 1 atom stereocenters. The normalized spacial score (nSPS) is 18.7. The van der Waals surface area contributed by atoms with Gasteiger partial charge in [0, 0.05) is 25.2 Å². The molecule has 1 heterocycles. The maximum absolute atomic E-state index is 12.5. The summed E-state index contributed by atoms with van der Waals surface area (Å²) in [5, 5.41) is 14.4. The molecule has 1 aliphatic heterocycles. The zero-order valence-electron chi connectivity index (χ0n) is 16.6. The van der Waals surface area contributed by atoms with Crippen LogP contribution in [-0.2, 0) is 14.3 Å². The minimum absolute atomic E-state index is 0.0472. The number of hydrogen-bond acceptors (Lipinski definition) is 7. The van der Waals surface area contributed by atoms with Crippen molar-refractivity contribution in [2.75, 3.05) is 31.2 Å². The Morgan fingerprint density at radius 3 is 2.59 bits per heavy atom. The van der Waals surface area contributed by atoms with Crippen molar-refractivity contribution in [2.45, 2.75) is 51.2 Å². The number of carbonyl (C=O) groups excluding carboxylic acids is 2. The Bertz CT molecular complexity index is 757. The fourth-order valence-electron chi connectivity index (χ4n) is 3.72. The zero-order chi connectivity index (χ0) is 20.8. The van der Waals surface area contributed by atoms with Crippen LogP contribution in [0.3, 0.4) is 0 Å². The van der Waals surface area contributed by atoms with Gasteiger partial charge in [0.25, 0.3) is 11.6 Å². The number of rotatable bonds is 6. The molecular weight excluding hydrogens is 378 g/mol. The van der Waals surface area contributed by atoms with Crippen LogP contribution in [0.4, 0.5) is 11.4 Å². The first-order valence-corrected chi connectivity index (χ1v) is 10.1. The third-order valence-corrected chi connectivity index (χ3v) is 5.36. The smallest absolute Gasteiger partial charge is 0.339 e. The fraction of sp³-hybridized carbons (Fsp3) is 0.600. The van der Waals surface area contributed by atoms with Gasteiger partial charge < -0.3 is 19.7 Å². The molecule has 0 aromatic heterocycles. The Morgan fingerprint density at radius 2 is 1.93 bits per heavy atom. The third kappa shape index (κ3) is 5.44. The van der Waals surface area contributed by atoms with Crippen LogP contribution in [0.25, 0.3) is 0 Å². The zero-order valence-corrected chi connectivity index (χ0v) is 16.6. The summed E-state index contributed by atoms with van der Waals surface area (Å²) >= 11 is 0. The molecule has 1 saturated heterocycles. The van der Waals surface area contributed by atoms with Crippen molar-refractivity contribution in [1.82, 2.24) is 5.32 Å². The van der Waals surface area contributed by atoms with E-state index in [-0.39, 0.29) is 23.2 Å². The molecule has 1 saturated carbocycles. The van der Waals surface area contributed by atoms with Gasteiger partial charge in [-0.2, -0.15) is 0 Å². The molecule has 1 aromatic carbocycles. The number of nitro benzene ring substituents is 1. The molecule has 1 amide bonds. The standard InChI is InChI=1S/C20H27N3O6/c1-14(19(24)21-16-5-3-2-4-6-16)29-20(25)15-7-8-17(18(13-15)23(26)27)22-9-11-28-12-10-22/h7-8,13-14,16H,2-6,9-12H2,1H3,(H,21,24)/t14-/m0/s1. The molecule has 1 N–H and O–H groups in total. The summed E-state index contributed by atoms with van der Waals surface area (Å²) in [6.07, 6.45) is 4.23. The van der Waals surface area contributed by atoms with Gasteiger partial charge in [0.15, 0.2) is 6.10 Å². The van der Waals surface area contributed by atoms with Crippen LogP contribution in [0.1, 0.15) is 49.4 Å². The second-order valence-electron chi connectivity index (χ2n) is 7.45. The molecule has 0 bridgehead atoms. The lowest BCUT2D eigenvalue weighted by atomic mass is 9.95. The average molecular weight is 405 g/mol. The summed E-state index contributed by atoms with van der Waals surface area (Å²) in [4.78, 5) is 37.6. The first-order chi connectivity index (χ1) is 14.0. The molecule has 158 valence electrons. The fourth-order valence-corrected chi connectivity index (χ4v) is 3.72. The van der Waals surface area contributed by atoms with Gasteiger partial charge in [-0.1, -0.05) is 19.3 Å². The van der Waals surface area contributed by atoms with E-state index in [0.717, 1.165) is 25.7 Å². The Hall–Kier alpha value is -2.68. The van der Waals surface area contributed by atoms with Gasteiger partial charge in [0.1, 0.15) is 5.69 Å². The van der Waals surface area contributed by atoms with E-state index in [4.69, 9.17) is 9.47 Å². The van der Waals surface area contributed by atoms with Crippen molar-refractivity contribution in [3.05, 3.63) is 33.9 Å². The lowest BCUT2D eigenvalue weighted by Gasteiger charge is -2.28. The average Bonchev–Trinajstić information content (AvgIpc) is 2.74. The van der Waals surface area contributed by atoms with E-state index in [1.807, 2.05) is 4.90 Å². The topological polar surface area (TPSA) is 111 Å². The lowest BCUT2D eigenvalue weighted by Crippen LogP contribution is -2.42. The number of nitrogens with zero attached hydrogens (tertiary/aromatic N) is 2. The first-order valence-electron chi connectivity index (χ1n) is 10.1. The molecule has 2 aliphatic rings. The lowest BCUT2D eigenvalue weighted by molar-refractivity contribution is -0.384. The van der Waals surface area contributed by atoms with E-state index in [1.165, 1.54) is 25.5 Å². The maximum atomic E-state index is 12.5. The summed E-state index contributed by atoms with van der Waals surface area (Å²) in [5.74, 6) is -1.10. The molecule has 29 heavy (non-hydrogen) atoms. The van der Waals surface area contributed by atoms with Gasteiger partial charge in [0.05, 0.1) is 23.7 Å². The minimum atomic E-state index is -0.970. The van der Waals surface area contributed by atoms with E-state index in [2.05, 4.69) is 5.32 Å². The molecule has 0 unspecified atom stereocenters. The highest BCUT2D eigenvalue weighted by Gasteiger charge is 2.26. The largest absolute Gasteiger partial charge is 0.449 e. The molecule has 1 aliphatic carbocycles. The van der Waals surface area contributed by atoms with E-state index in [9.17, 15) is 19.7 Å². The maximum Gasteiger partial charge on any atom is 0.339 e. The van der Waals surface area contributed by atoms with Crippen LogP contribution in [0.2, 0.25) is 0 Å². The van der Waals surface area contributed by atoms with E-state index < -0.39 is 17.0 Å². The highest BCUT2D eigenvalue weighted by Crippen LogP contribution is 2.30. The second-order valence-corrected chi connectivity index (χ2v) is 7.45. The number of benzene rings is 1. The van der Waals surface area contributed by atoms with E-state index in [0.29, 0.717) is 32.0 Å². The van der Waals surface area contributed by atoms with Crippen LogP contribution < -0.4 is 10.2 Å². The van der Waals surface area contributed by atoms with Crippen molar-refractivity contribution in [2.24, 2.45) is 0 Å². The quantitative estimate of drug-likeness (QED) is 0.439. The number of nitro groups is 1. The molecule has 9 nitrogen and oxygen atoms in total. The number of esters is 1.